The van der Waals surface area contributed by atoms with Gasteiger partial charge in [0.25, 0.3) is 0 Å². The summed E-state index contributed by atoms with van der Waals surface area (Å²) in [6.07, 6.45) is 9.43. The first-order valence-corrected chi connectivity index (χ1v) is 8.25. The van der Waals surface area contributed by atoms with Crippen molar-refractivity contribution in [1.82, 2.24) is 4.57 Å². The maximum absolute atomic E-state index is 9.85. The van der Waals surface area contributed by atoms with Gasteiger partial charge in [0.1, 0.15) is 0 Å². The smallest absolute Gasteiger partial charge is 0.0691 e. The molecular formula is C21H21NO. The van der Waals surface area contributed by atoms with Crippen molar-refractivity contribution < 1.29 is 5.11 Å². The minimum atomic E-state index is -0.359. The fourth-order valence-corrected chi connectivity index (χ4v) is 3.57. The monoisotopic (exact) mass is 303 g/mol. The summed E-state index contributed by atoms with van der Waals surface area (Å²) in [7, 11) is 0. The number of aliphatic hydroxyl groups excluding tert-OH is 1. The van der Waals surface area contributed by atoms with Gasteiger partial charge in [-0.2, -0.15) is 0 Å². The summed E-state index contributed by atoms with van der Waals surface area (Å²) in [6, 6.07) is 15.2. The van der Waals surface area contributed by atoms with Gasteiger partial charge in [0.2, 0.25) is 0 Å². The molecule has 0 saturated carbocycles. The number of hydrogen-bond donors (Lipinski definition) is 1. The van der Waals surface area contributed by atoms with Crippen LogP contribution in [0.1, 0.15) is 12.5 Å². The van der Waals surface area contributed by atoms with Crippen LogP contribution >= 0.6 is 0 Å². The van der Waals surface area contributed by atoms with Crippen molar-refractivity contribution in [2.75, 3.05) is 0 Å². The van der Waals surface area contributed by atoms with E-state index in [2.05, 4.69) is 71.3 Å². The predicted octanol–water partition coefficient (Wildman–Crippen LogP) is 4.46. The third kappa shape index (κ3) is 2.60. The normalized spacial score (nSPS) is 15.9. The maximum atomic E-state index is 9.85. The van der Waals surface area contributed by atoms with Gasteiger partial charge in [0, 0.05) is 28.4 Å². The lowest BCUT2D eigenvalue weighted by molar-refractivity contribution is 0.176. The summed E-state index contributed by atoms with van der Waals surface area (Å²) in [6.45, 7) is 2.46. The summed E-state index contributed by atoms with van der Waals surface area (Å²) in [5.41, 5.74) is 3.76. The molecule has 1 N–H and O–H groups in total. The topological polar surface area (TPSA) is 25.2 Å². The number of benzene rings is 2. The van der Waals surface area contributed by atoms with E-state index in [1.807, 2.05) is 6.92 Å². The van der Waals surface area contributed by atoms with E-state index in [-0.39, 0.29) is 6.10 Å². The van der Waals surface area contributed by atoms with Crippen LogP contribution < -0.4 is 0 Å². The van der Waals surface area contributed by atoms with E-state index in [1.165, 1.54) is 27.4 Å². The van der Waals surface area contributed by atoms with Crippen molar-refractivity contribution in [2.45, 2.75) is 26.0 Å². The first-order valence-electron chi connectivity index (χ1n) is 8.25. The van der Waals surface area contributed by atoms with Crippen molar-refractivity contribution in [3.05, 3.63) is 72.3 Å². The van der Waals surface area contributed by atoms with Gasteiger partial charge in [-0.1, -0.05) is 48.6 Å². The first-order chi connectivity index (χ1) is 11.2. The van der Waals surface area contributed by atoms with Crippen molar-refractivity contribution in [1.29, 1.82) is 0 Å². The molecule has 0 fully saturated rings. The fourth-order valence-electron chi connectivity index (χ4n) is 3.57. The molecule has 2 aromatic carbocycles. The minimum absolute atomic E-state index is 0.359. The van der Waals surface area contributed by atoms with Crippen LogP contribution in [0.15, 0.2) is 66.8 Å². The second kappa shape index (κ2) is 5.71. The van der Waals surface area contributed by atoms with Gasteiger partial charge in [0.15, 0.2) is 0 Å². The maximum Gasteiger partial charge on any atom is 0.0691 e. The molecule has 1 atom stereocenters. The molecule has 3 aromatic rings. The lowest BCUT2D eigenvalue weighted by Crippen LogP contribution is -2.11. The van der Waals surface area contributed by atoms with Crippen LogP contribution in [0.2, 0.25) is 0 Å². The van der Waals surface area contributed by atoms with Gasteiger partial charge >= 0.3 is 0 Å². The molecule has 1 aliphatic carbocycles. The molecule has 1 aliphatic rings. The molecule has 0 aliphatic heterocycles. The van der Waals surface area contributed by atoms with E-state index in [0.29, 0.717) is 12.5 Å². The number of aromatic nitrogens is 1. The van der Waals surface area contributed by atoms with E-state index in [4.69, 9.17) is 0 Å². The molecule has 0 saturated heterocycles. The Bertz CT molecular complexity index is 902. The number of para-hydroxylation sites is 1. The Morgan fingerprint density at radius 2 is 1.74 bits per heavy atom. The highest BCUT2D eigenvalue weighted by Crippen LogP contribution is 2.31. The molecule has 1 heterocycles. The number of nitrogens with zero attached hydrogens (tertiary/aromatic N) is 1. The van der Waals surface area contributed by atoms with E-state index < -0.39 is 0 Å². The quantitative estimate of drug-likeness (QED) is 0.756. The third-order valence-corrected chi connectivity index (χ3v) is 4.58. The fraction of sp³-hybridized carbons (Fsp3) is 0.238. The third-order valence-electron chi connectivity index (χ3n) is 4.58. The van der Waals surface area contributed by atoms with Crippen molar-refractivity contribution in [2.24, 2.45) is 5.92 Å². The van der Waals surface area contributed by atoms with Gasteiger partial charge in [-0.15, -0.1) is 0 Å². The Morgan fingerprint density at radius 3 is 2.52 bits per heavy atom. The largest absolute Gasteiger partial charge is 0.392 e. The molecule has 1 aromatic heterocycles. The average molecular weight is 303 g/mol. The molecule has 4 rings (SSSR count). The Hall–Kier alpha value is -2.32. The van der Waals surface area contributed by atoms with Crippen molar-refractivity contribution >= 4 is 21.8 Å². The summed E-state index contributed by atoms with van der Waals surface area (Å²) in [5.74, 6) is 0.512. The highest BCUT2D eigenvalue weighted by atomic mass is 16.3. The molecule has 0 amide bonds. The molecule has 2 nitrogen and oxygen atoms in total. The lowest BCUT2D eigenvalue weighted by atomic mass is 9.99. The highest BCUT2D eigenvalue weighted by Gasteiger charge is 2.13. The van der Waals surface area contributed by atoms with Gasteiger partial charge in [-0.25, -0.2) is 0 Å². The van der Waals surface area contributed by atoms with Gasteiger partial charge < -0.3 is 9.67 Å². The van der Waals surface area contributed by atoms with Gasteiger partial charge in [0.05, 0.1) is 6.10 Å². The van der Waals surface area contributed by atoms with Gasteiger partial charge in [-0.3, -0.25) is 0 Å². The standard InChI is InChI=1S/C21H21NO/c1-15(23)14-22-20-9-5-4-8-18(20)19-13-17(10-11-21(19)22)12-16-6-2-3-7-16/h2-11,13,15-16,23H,12,14H2,1H3. The second-order valence-corrected chi connectivity index (χ2v) is 6.47. The van der Waals surface area contributed by atoms with E-state index in [9.17, 15) is 5.11 Å². The number of aliphatic hydroxyl groups is 1. The average Bonchev–Trinajstić information content (AvgIpc) is 3.15. The van der Waals surface area contributed by atoms with Crippen LogP contribution in [0, 0.1) is 5.92 Å². The van der Waals surface area contributed by atoms with E-state index in [1.54, 1.807) is 0 Å². The minimum Gasteiger partial charge on any atom is -0.392 e. The molecular weight excluding hydrogens is 282 g/mol. The van der Waals surface area contributed by atoms with Crippen LogP contribution in [-0.4, -0.2) is 15.8 Å². The summed E-state index contributed by atoms with van der Waals surface area (Å²) < 4.78 is 2.23. The van der Waals surface area contributed by atoms with Crippen molar-refractivity contribution in [3.8, 4) is 0 Å². The Labute approximate surface area is 136 Å². The number of hydrogen-bond acceptors (Lipinski definition) is 1. The summed E-state index contributed by atoms with van der Waals surface area (Å²) >= 11 is 0. The molecule has 23 heavy (non-hydrogen) atoms. The van der Waals surface area contributed by atoms with E-state index >= 15 is 0 Å². The zero-order valence-corrected chi connectivity index (χ0v) is 13.3. The Kier molecular flexibility index (Phi) is 3.55. The molecule has 2 heteroatoms. The lowest BCUT2D eigenvalue weighted by Gasteiger charge is -2.10. The molecule has 1 unspecified atom stereocenters. The zero-order chi connectivity index (χ0) is 15.8. The van der Waals surface area contributed by atoms with E-state index in [0.717, 1.165) is 6.42 Å². The first kappa shape index (κ1) is 14.3. The number of allylic oxidation sites excluding steroid dienone is 4. The molecule has 116 valence electrons. The van der Waals surface area contributed by atoms with Gasteiger partial charge in [-0.05, 0) is 43.0 Å². The van der Waals surface area contributed by atoms with Crippen molar-refractivity contribution in [3.63, 3.8) is 0 Å². The zero-order valence-electron chi connectivity index (χ0n) is 13.3. The van der Waals surface area contributed by atoms with Crippen LogP contribution in [0.25, 0.3) is 21.8 Å². The predicted molar refractivity (Wildman–Crippen MR) is 96.6 cm³/mol. The number of fused-ring (bicyclic) bond motifs is 3. The molecule has 0 spiro atoms. The Balaban J connectivity index is 1.85. The highest BCUT2D eigenvalue weighted by molar-refractivity contribution is 6.08. The molecule has 0 bridgehead atoms. The Morgan fingerprint density at radius 1 is 1.00 bits per heavy atom. The van der Waals surface area contributed by atoms with Crippen LogP contribution in [-0.2, 0) is 13.0 Å². The SMILES string of the molecule is CC(O)Cn1c2ccccc2c2cc(CC3C=CC=C3)ccc21. The van der Waals surface area contributed by atoms with Crippen LogP contribution in [0.3, 0.4) is 0 Å². The van der Waals surface area contributed by atoms with Crippen LogP contribution in [0.4, 0.5) is 0 Å². The van der Waals surface area contributed by atoms with Crippen LogP contribution in [0.5, 0.6) is 0 Å². The second-order valence-electron chi connectivity index (χ2n) is 6.47. The summed E-state index contributed by atoms with van der Waals surface area (Å²) in [4.78, 5) is 0. The molecule has 0 radical (unpaired) electrons. The summed E-state index contributed by atoms with van der Waals surface area (Å²) in [5, 5.41) is 12.4. The number of rotatable bonds is 4.